The number of amides is 1. The third-order valence-corrected chi connectivity index (χ3v) is 3.56. The van der Waals surface area contributed by atoms with E-state index in [1.165, 1.54) is 0 Å². The van der Waals surface area contributed by atoms with Crippen molar-refractivity contribution in [3.05, 3.63) is 28.7 Å². The minimum Gasteiger partial charge on any atom is -0.362 e. The lowest BCUT2D eigenvalue weighted by molar-refractivity contribution is -0.122. The van der Waals surface area contributed by atoms with Gasteiger partial charge in [-0.2, -0.15) is 0 Å². The quantitative estimate of drug-likeness (QED) is 0.553. The summed E-state index contributed by atoms with van der Waals surface area (Å²) >= 11 is 21.1. The van der Waals surface area contributed by atoms with Crippen molar-refractivity contribution < 1.29 is 4.79 Å². The average Bonchev–Trinajstić information content (AvgIpc) is 2.28. The molecule has 1 aromatic carbocycles. The van der Waals surface area contributed by atoms with E-state index < -0.39 is 9.96 Å². The minimum absolute atomic E-state index is 0.166. The predicted octanol–water partition coefficient (Wildman–Crippen LogP) is 4.72. The van der Waals surface area contributed by atoms with Crippen LogP contribution < -0.4 is 10.6 Å². The van der Waals surface area contributed by atoms with Crippen LogP contribution in [0.15, 0.2) is 28.7 Å². The molecular weight excluding hydrogens is 386 g/mol. The first-order chi connectivity index (χ1) is 9.18. The molecule has 0 fully saturated rings. The lowest BCUT2D eigenvalue weighted by Gasteiger charge is -2.27. The van der Waals surface area contributed by atoms with E-state index >= 15 is 0 Å². The van der Waals surface area contributed by atoms with Gasteiger partial charge in [0.15, 0.2) is 0 Å². The number of benzene rings is 1. The highest BCUT2D eigenvalue weighted by molar-refractivity contribution is 9.10. The van der Waals surface area contributed by atoms with Crippen LogP contribution in [0.25, 0.3) is 0 Å². The van der Waals surface area contributed by atoms with Gasteiger partial charge in [0.25, 0.3) is 0 Å². The van der Waals surface area contributed by atoms with Gasteiger partial charge in [-0.15, -0.1) is 0 Å². The van der Waals surface area contributed by atoms with E-state index in [-0.39, 0.29) is 11.8 Å². The Balaban J connectivity index is 2.75. The molecule has 20 heavy (non-hydrogen) atoms. The van der Waals surface area contributed by atoms with Crippen molar-refractivity contribution in [1.82, 2.24) is 5.32 Å². The zero-order chi connectivity index (χ0) is 15.3. The highest BCUT2D eigenvalue weighted by atomic mass is 79.9. The molecule has 1 atom stereocenters. The summed E-state index contributed by atoms with van der Waals surface area (Å²) in [4.78, 5) is 11.8. The van der Waals surface area contributed by atoms with E-state index in [2.05, 4.69) is 26.6 Å². The summed E-state index contributed by atoms with van der Waals surface area (Å²) in [5.41, 5.74) is 0.745. The maximum Gasteiger partial charge on any atom is 0.228 e. The Morgan fingerprint density at radius 2 is 1.80 bits per heavy atom. The second-order valence-corrected chi connectivity index (χ2v) is 8.08. The first-order valence-corrected chi connectivity index (χ1v) is 7.99. The third-order valence-electron chi connectivity index (χ3n) is 2.38. The largest absolute Gasteiger partial charge is 0.362 e. The number of alkyl halides is 3. The summed E-state index contributed by atoms with van der Waals surface area (Å²) in [6.07, 6.45) is -0.431. The van der Waals surface area contributed by atoms with E-state index in [4.69, 9.17) is 34.8 Å². The van der Waals surface area contributed by atoms with Gasteiger partial charge in [0, 0.05) is 16.6 Å². The lowest BCUT2D eigenvalue weighted by atomic mass is 10.1. The smallest absolute Gasteiger partial charge is 0.228 e. The number of hydrogen-bond donors (Lipinski definition) is 2. The number of halogens is 4. The van der Waals surface area contributed by atoms with Crippen LogP contribution in [0.5, 0.6) is 0 Å². The summed E-state index contributed by atoms with van der Waals surface area (Å²) in [6.45, 7) is 3.90. The van der Waals surface area contributed by atoms with Gasteiger partial charge in [0.2, 0.25) is 9.70 Å². The molecular formula is C13H16BrCl3N2O. The Labute approximate surface area is 142 Å². The molecule has 112 valence electrons. The van der Waals surface area contributed by atoms with E-state index in [9.17, 15) is 4.79 Å². The van der Waals surface area contributed by atoms with Gasteiger partial charge >= 0.3 is 0 Å². The van der Waals surface area contributed by atoms with E-state index in [0.29, 0.717) is 6.42 Å². The Bertz CT molecular complexity index is 446. The fourth-order valence-electron chi connectivity index (χ4n) is 1.50. The zero-order valence-corrected chi connectivity index (χ0v) is 14.9. The van der Waals surface area contributed by atoms with Crippen molar-refractivity contribution in [2.24, 2.45) is 5.92 Å². The highest BCUT2D eigenvalue weighted by Crippen LogP contribution is 2.31. The Morgan fingerprint density at radius 1 is 1.25 bits per heavy atom. The topological polar surface area (TPSA) is 41.1 Å². The van der Waals surface area contributed by atoms with Gasteiger partial charge in [0.05, 0.1) is 0 Å². The van der Waals surface area contributed by atoms with Crippen molar-refractivity contribution in [1.29, 1.82) is 0 Å². The van der Waals surface area contributed by atoms with E-state index in [0.717, 1.165) is 10.2 Å². The predicted molar refractivity (Wildman–Crippen MR) is 89.4 cm³/mol. The van der Waals surface area contributed by atoms with Gasteiger partial charge in [0.1, 0.15) is 6.17 Å². The second-order valence-electron chi connectivity index (χ2n) is 4.79. The van der Waals surface area contributed by atoms with Crippen molar-refractivity contribution >= 4 is 62.3 Å². The highest BCUT2D eigenvalue weighted by Gasteiger charge is 2.34. The Kier molecular flexibility index (Phi) is 6.92. The molecule has 0 heterocycles. The van der Waals surface area contributed by atoms with Crippen LogP contribution in [-0.2, 0) is 4.79 Å². The fourth-order valence-corrected chi connectivity index (χ4v) is 2.09. The molecule has 1 amide bonds. The molecule has 1 aromatic rings. The van der Waals surface area contributed by atoms with Crippen LogP contribution in [0.2, 0.25) is 0 Å². The number of nitrogens with one attached hydrogen (secondary N) is 2. The molecule has 0 aliphatic heterocycles. The van der Waals surface area contributed by atoms with Crippen LogP contribution >= 0.6 is 50.7 Å². The summed E-state index contributed by atoms with van der Waals surface area (Å²) in [7, 11) is 0. The average molecular weight is 403 g/mol. The fraction of sp³-hybridized carbons (Fsp3) is 0.462. The standard InChI is InChI=1S/C13H16BrCl3N2O/c1-8(2)7-11(20)19-12(13(15,16)17)18-10-5-3-9(14)4-6-10/h3-6,8,12,18H,7H2,1-2H3,(H,19,20). The van der Waals surface area contributed by atoms with Gasteiger partial charge in [-0.25, -0.2) is 0 Å². The molecule has 7 heteroatoms. The SMILES string of the molecule is CC(C)CC(=O)NC(Nc1ccc(Br)cc1)C(Cl)(Cl)Cl. The molecule has 0 aromatic heterocycles. The molecule has 0 aliphatic rings. The molecule has 0 saturated carbocycles. The first kappa shape index (κ1) is 17.9. The monoisotopic (exact) mass is 400 g/mol. The van der Waals surface area contributed by atoms with Crippen LogP contribution in [0.4, 0.5) is 5.69 Å². The molecule has 0 radical (unpaired) electrons. The molecule has 3 nitrogen and oxygen atoms in total. The van der Waals surface area contributed by atoms with Crippen molar-refractivity contribution in [3.8, 4) is 0 Å². The normalized spacial score (nSPS) is 13.2. The summed E-state index contributed by atoms with van der Waals surface area (Å²) in [5.74, 6) is 0.0691. The molecule has 0 saturated heterocycles. The van der Waals surface area contributed by atoms with Gasteiger partial charge in [-0.05, 0) is 30.2 Å². The summed E-state index contributed by atoms with van der Waals surface area (Å²) in [5, 5.41) is 5.70. The Hall–Kier alpha value is -0.160. The number of hydrogen-bond acceptors (Lipinski definition) is 2. The lowest BCUT2D eigenvalue weighted by Crippen LogP contribution is -2.49. The van der Waals surface area contributed by atoms with Gasteiger partial charge in [-0.1, -0.05) is 64.6 Å². The van der Waals surface area contributed by atoms with Crippen LogP contribution in [0.3, 0.4) is 0 Å². The van der Waals surface area contributed by atoms with Gasteiger partial charge < -0.3 is 10.6 Å². The number of carbonyl (C=O) groups is 1. The third kappa shape index (κ3) is 6.53. The van der Waals surface area contributed by atoms with Crippen LogP contribution in [-0.4, -0.2) is 15.9 Å². The maximum absolute atomic E-state index is 11.8. The van der Waals surface area contributed by atoms with Crippen LogP contribution in [0.1, 0.15) is 20.3 Å². The zero-order valence-electron chi connectivity index (χ0n) is 11.1. The van der Waals surface area contributed by atoms with E-state index in [1.807, 2.05) is 38.1 Å². The number of rotatable bonds is 5. The molecule has 1 rings (SSSR count). The van der Waals surface area contributed by atoms with Crippen molar-refractivity contribution in [2.45, 2.75) is 30.2 Å². The minimum atomic E-state index is -1.65. The maximum atomic E-state index is 11.8. The summed E-state index contributed by atoms with van der Waals surface area (Å²) < 4.78 is -0.711. The van der Waals surface area contributed by atoms with Crippen molar-refractivity contribution in [3.63, 3.8) is 0 Å². The molecule has 1 unspecified atom stereocenters. The van der Waals surface area contributed by atoms with Crippen molar-refractivity contribution in [2.75, 3.05) is 5.32 Å². The summed E-state index contributed by atoms with van der Waals surface area (Å²) in [6, 6.07) is 7.35. The van der Waals surface area contributed by atoms with Crippen LogP contribution in [0, 0.1) is 5.92 Å². The number of carbonyl (C=O) groups excluding carboxylic acids is 1. The molecule has 0 spiro atoms. The molecule has 2 N–H and O–H groups in total. The number of anilines is 1. The molecule has 0 aliphatic carbocycles. The van der Waals surface area contributed by atoms with Gasteiger partial charge in [-0.3, -0.25) is 4.79 Å². The first-order valence-electron chi connectivity index (χ1n) is 6.06. The second kappa shape index (κ2) is 7.74. The molecule has 0 bridgehead atoms. The van der Waals surface area contributed by atoms with E-state index in [1.54, 1.807) is 0 Å². The Morgan fingerprint density at radius 3 is 2.25 bits per heavy atom.